The number of esters is 1. The fourth-order valence-corrected chi connectivity index (χ4v) is 1.98. The van der Waals surface area contributed by atoms with Crippen molar-refractivity contribution < 1.29 is 53.1 Å². The minimum atomic E-state index is -3.37. The predicted molar refractivity (Wildman–Crippen MR) is 66.1 cm³/mol. The van der Waals surface area contributed by atoms with E-state index in [2.05, 4.69) is 6.58 Å². The number of carbonyl (C=O) groups is 1. The summed E-state index contributed by atoms with van der Waals surface area (Å²) in [4.78, 5) is 11.0. The van der Waals surface area contributed by atoms with Gasteiger partial charge in [-0.15, -0.1) is 0 Å². The maximum atomic E-state index is 11.1. The Morgan fingerprint density at radius 1 is 1.28 bits per heavy atom. The van der Waals surface area contributed by atoms with Crippen LogP contribution in [0.15, 0.2) is 12.2 Å². The van der Waals surface area contributed by atoms with E-state index in [4.69, 9.17) is 8.92 Å². The summed E-state index contributed by atoms with van der Waals surface area (Å²) in [5.41, 5.74) is 0.353. The van der Waals surface area contributed by atoms with Crippen molar-refractivity contribution in [2.45, 2.75) is 33.1 Å². The average molecular weight is 288 g/mol. The van der Waals surface area contributed by atoms with Crippen molar-refractivity contribution in [2.75, 3.05) is 19.0 Å². The third-order valence-electron chi connectivity index (χ3n) is 1.84. The molecule has 0 saturated carbocycles. The second-order valence-corrected chi connectivity index (χ2v) is 5.47. The second kappa shape index (κ2) is 11.0. The molecule has 0 aromatic rings. The van der Waals surface area contributed by atoms with Crippen LogP contribution in [0.5, 0.6) is 0 Å². The molecule has 0 fully saturated rings. The number of hydrogen-bond acceptors (Lipinski definition) is 5. The molecule has 0 aromatic heterocycles. The van der Waals surface area contributed by atoms with Gasteiger partial charge in [-0.3, -0.25) is 4.18 Å². The fourth-order valence-electron chi connectivity index (χ4n) is 0.987. The van der Waals surface area contributed by atoms with Gasteiger partial charge in [-0.25, -0.2) is 4.79 Å². The molecule has 0 atom stereocenters. The van der Waals surface area contributed by atoms with Crippen molar-refractivity contribution in [1.82, 2.24) is 0 Å². The topological polar surface area (TPSA) is 69.7 Å². The summed E-state index contributed by atoms with van der Waals surface area (Å²) >= 11 is 0. The quantitative estimate of drug-likeness (QED) is 0.174. The van der Waals surface area contributed by atoms with Crippen LogP contribution in [0.4, 0.5) is 0 Å². The monoisotopic (exact) mass is 288 g/mol. The molecular weight excluding hydrogens is 267 g/mol. The Labute approximate surface area is 133 Å². The Balaban J connectivity index is -0.00000128. The van der Waals surface area contributed by atoms with Gasteiger partial charge in [-0.2, -0.15) is 8.42 Å². The van der Waals surface area contributed by atoms with Gasteiger partial charge in [-0.05, 0) is 26.2 Å². The van der Waals surface area contributed by atoms with Crippen molar-refractivity contribution in [2.24, 2.45) is 0 Å². The maximum absolute atomic E-state index is 11.1. The van der Waals surface area contributed by atoms with E-state index in [-0.39, 0.29) is 50.0 Å². The van der Waals surface area contributed by atoms with Gasteiger partial charge in [0.15, 0.2) is 0 Å². The van der Waals surface area contributed by atoms with Gasteiger partial charge in [0.1, 0.15) is 0 Å². The van der Waals surface area contributed by atoms with Crippen LogP contribution in [0, 0.1) is 0 Å². The fraction of sp³-hybridized carbons (Fsp3) is 0.727. The number of rotatable bonds is 9. The van der Waals surface area contributed by atoms with Gasteiger partial charge in [0.2, 0.25) is 0 Å². The number of unbranched alkanes of at least 4 members (excludes halogenated alkanes) is 1. The minimum absolute atomic E-state index is 0. The Hall–Kier alpha value is 0.120. The molecule has 18 heavy (non-hydrogen) atoms. The Bertz CT molecular complexity index is 356. The molecule has 0 aliphatic rings. The summed E-state index contributed by atoms with van der Waals surface area (Å²) in [6.07, 6.45) is 1.64. The molecule has 0 radical (unpaired) electrons. The van der Waals surface area contributed by atoms with E-state index < -0.39 is 16.1 Å². The molecule has 0 N–H and O–H groups in total. The first kappa shape index (κ1) is 20.4. The van der Waals surface area contributed by atoms with Gasteiger partial charge in [0.05, 0.1) is 19.0 Å². The summed E-state index contributed by atoms with van der Waals surface area (Å²) in [5.74, 6) is -0.387. The van der Waals surface area contributed by atoms with Gasteiger partial charge in [0.25, 0.3) is 10.1 Å². The van der Waals surface area contributed by atoms with Gasteiger partial charge >= 0.3 is 35.5 Å². The van der Waals surface area contributed by atoms with Crippen LogP contribution in [-0.2, 0) is 23.8 Å². The van der Waals surface area contributed by atoms with E-state index >= 15 is 0 Å². The van der Waals surface area contributed by atoms with E-state index in [0.717, 1.165) is 0 Å². The van der Waals surface area contributed by atoms with Crippen molar-refractivity contribution in [1.29, 1.82) is 0 Å². The molecular formula is C11H21NaO5S. The van der Waals surface area contributed by atoms with Crippen LogP contribution >= 0.6 is 0 Å². The summed E-state index contributed by atoms with van der Waals surface area (Å²) in [5, 5.41) is 0. The molecule has 0 aliphatic carbocycles. The van der Waals surface area contributed by atoms with Crippen LogP contribution in [-0.4, -0.2) is 33.4 Å². The summed E-state index contributed by atoms with van der Waals surface area (Å²) in [6, 6.07) is 0. The zero-order valence-electron chi connectivity index (χ0n) is 12.4. The average Bonchev–Trinajstić information content (AvgIpc) is 2.22. The Morgan fingerprint density at radius 2 is 1.83 bits per heavy atom. The van der Waals surface area contributed by atoms with Crippen molar-refractivity contribution >= 4 is 16.1 Å². The maximum Gasteiger partial charge on any atom is 1.00 e. The van der Waals surface area contributed by atoms with Gasteiger partial charge in [0, 0.05) is 5.57 Å². The first-order valence-corrected chi connectivity index (χ1v) is 7.16. The first-order valence-electron chi connectivity index (χ1n) is 5.58. The molecule has 0 aromatic carbocycles. The van der Waals surface area contributed by atoms with Crippen LogP contribution in [0.25, 0.3) is 0 Å². The predicted octanol–water partition coefficient (Wildman–Crippen LogP) is -1.24. The first-order chi connectivity index (χ1) is 7.89. The Morgan fingerprint density at radius 3 is 2.33 bits per heavy atom. The molecule has 5 nitrogen and oxygen atoms in total. The molecule has 0 rings (SSSR count). The molecule has 0 amide bonds. The summed E-state index contributed by atoms with van der Waals surface area (Å²) in [7, 11) is -3.37. The van der Waals surface area contributed by atoms with Crippen molar-refractivity contribution in [3.63, 3.8) is 0 Å². The van der Waals surface area contributed by atoms with Gasteiger partial charge < -0.3 is 6.16 Å². The minimum Gasteiger partial charge on any atom is -1.00 e. The SMILES string of the molecule is C=C(C)C(=O)OCCCCOS(=O)(=O)CCC.[H-].[Na+]. The summed E-state index contributed by atoms with van der Waals surface area (Å²) < 4.78 is 31.9. The second-order valence-electron chi connectivity index (χ2n) is 3.71. The molecule has 0 unspecified atom stereocenters. The van der Waals surface area contributed by atoms with Crippen molar-refractivity contribution in [3.05, 3.63) is 12.2 Å². The standard InChI is InChI=1S/C11H20O5S.Na.H/c1-4-9-17(13,14)16-8-6-5-7-15-11(12)10(2)3;;/h2,4-9H2,1,3H3;;/q;+1;-1. The third-order valence-corrected chi connectivity index (χ3v) is 3.27. The number of hydrogen-bond donors (Lipinski definition) is 0. The van der Waals surface area contributed by atoms with Crippen molar-refractivity contribution in [3.8, 4) is 0 Å². The molecule has 102 valence electrons. The molecule has 0 spiro atoms. The molecule has 7 heteroatoms. The third kappa shape index (κ3) is 11.2. The van der Waals surface area contributed by atoms with Crippen LogP contribution < -0.4 is 29.6 Å². The van der Waals surface area contributed by atoms with E-state index in [1.165, 1.54) is 0 Å². The number of ether oxygens (including phenoxy) is 1. The van der Waals surface area contributed by atoms with E-state index in [1.807, 2.05) is 0 Å². The van der Waals surface area contributed by atoms with Gasteiger partial charge in [-0.1, -0.05) is 13.5 Å². The largest absolute Gasteiger partial charge is 1.00 e. The van der Waals surface area contributed by atoms with E-state index in [1.54, 1.807) is 13.8 Å². The Kier molecular flexibility index (Phi) is 12.5. The molecule has 0 saturated heterocycles. The van der Waals surface area contributed by atoms with Crippen LogP contribution in [0.2, 0.25) is 0 Å². The smallest absolute Gasteiger partial charge is 1.00 e. The van der Waals surface area contributed by atoms with E-state index in [0.29, 0.717) is 24.8 Å². The van der Waals surface area contributed by atoms with Crippen LogP contribution in [0.3, 0.4) is 0 Å². The molecule has 0 heterocycles. The summed E-state index contributed by atoms with van der Waals surface area (Å²) in [6.45, 7) is 7.18. The molecule has 0 aliphatic heterocycles. The van der Waals surface area contributed by atoms with E-state index in [9.17, 15) is 13.2 Å². The zero-order valence-corrected chi connectivity index (χ0v) is 14.2. The number of carbonyl (C=O) groups excluding carboxylic acids is 1. The molecule has 0 bridgehead atoms. The normalized spacial score (nSPS) is 10.6. The zero-order chi connectivity index (χ0) is 13.3. The van der Waals surface area contributed by atoms with Crippen LogP contribution in [0.1, 0.15) is 34.5 Å².